The maximum absolute atomic E-state index is 13.1. The van der Waals surface area contributed by atoms with Crippen LogP contribution in [0.1, 0.15) is 37.8 Å². The highest BCUT2D eigenvalue weighted by atomic mass is 19.1. The first-order valence-corrected chi connectivity index (χ1v) is 9.39. The van der Waals surface area contributed by atoms with Crippen LogP contribution in [0.25, 0.3) is 0 Å². The molecular formula is C22H27FN2O3. The van der Waals surface area contributed by atoms with Gasteiger partial charge in [0.2, 0.25) is 11.8 Å². The minimum absolute atomic E-state index is 0.0982. The minimum atomic E-state index is -0.637. The lowest BCUT2D eigenvalue weighted by molar-refractivity contribution is -0.140. The van der Waals surface area contributed by atoms with Crippen molar-refractivity contribution < 1.29 is 18.7 Å². The molecule has 2 aromatic rings. The fraction of sp³-hybridized carbons (Fsp3) is 0.364. The lowest BCUT2D eigenvalue weighted by atomic mass is 10.1. The average molecular weight is 386 g/mol. The van der Waals surface area contributed by atoms with Gasteiger partial charge in [-0.15, -0.1) is 0 Å². The monoisotopic (exact) mass is 386 g/mol. The summed E-state index contributed by atoms with van der Waals surface area (Å²) in [5.74, 6) is 0.0841. The third kappa shape index (κ3) is 6.08. The summed E-state index contributed by atoms with van der Waals surface area (Å²) in [7, 11) is 1.60. The highest BCUT2D eigenvalue weighted by molar-refractivity contribution is 5.87. The molecule has 2 aromatic carbocycles. The van der Waals surface area contributed by atoms with E-state index in [1.165, 1.54) is 12.1 Å². The maximum Gasteiger partial charge on any atom is 0.242 e. The molecule has 0 radical (unpaired) electrons. The van der Waals surface area contributed by atoms with Gasteiger partial charge in [0, 0.05) is 19.5 Å². The molecule has 0 aliphatic rings. The first-order valence-electron chi connectivity index (χ1n) is 9.39. The maximum atomic E-state index is 13.1. The van der Waals surface area contributed by atoms with E-state index in [0.717, 1.165) is 16.9 Å². The SMILES string of the molecule is CCCC(=O)N(Cc1ccc(F)cc1)[C@H](C)C(=O)NCc1ccc(OC)cc1. The van der Waals surface area contributed by atoms with E-state index in [9.17, 15) is 14.0 Å². The van der Waals surface area contributed by atoms with Gasteiger partial charge in [-0.2, -0.15) is 0 Å². The Kier molecular flexibility index (Phi) is 7.99. The third-order valence-electron chi connectivity index (χ3n) is 4.52. The number of methoxy groups -OCH3 is 1. The molecule has 1 atom stereocenters. The largest absolute Gasteiger partial charge is 0.497 e. The predicted molar refractivity (Wildman–Crippen MR) is 106 cm³/mol. The van der Waals surface area contributed by atoms with Crippen LogP contribution in [-0.2, 0) is 22.7 Å². The third-order valence-corrected chi connectivity index (χ3v) is 4.52. The van der Waals surface area contributed by atoms with Gasteiger partial charge in [-0.3, -0.25) is 9.59 Å². The first-order chi connectivity index (χ1) is 13.4. The Morgan fingerprint density at radius 3 is 2.25 bits per heavy atom. The van der Waals surface area contributed by atoms with Crippen molar-refractivity contribution >= 4 is 11.8 Å². The molecule has 1 N–H and O–H groups in total. The molecule has 0 unspecified atom stereocenters. The highest BCUT2D eigenvalue weighted by Crippen LogP contribution is 2.14. The van der Waals surface area contributed by atoms with Gasteiger partial charge in [-0.25, -0.2) is 4.39 Å². The van der Waals surface area contributed by atoms with Crippen molar-refractivity contribution in [1.82, 2.24) is 10.2 Å². The topological polar surface area (TPSA) is 58.6 Å². The van der Waals surface area contributed by atoms with E-state index < -0.39 is 6.04 Å². The lowest BCUT2D eigenvalue weighted by Gasteiger charge is -2.28. The smallest absolute Gasteiger partial charge is 0.242 e. The molecular weight excluding hydrogens is 359 g/mol. The predicted octanol–water partition coefficient (Wildman–Crippen LogP) is 3.67. The van der Waals surface area contributed by atoms with Crippen LogP contribution in [0.5, 0.6) is 5.75 Å². The van der Waals surface area contributed by atoms with Crippen molar-refractivity contribution in [3.8, 4) is 5.75 Å². The molecule has 0 aliphatic carbocycles. The number of ether oxygens (including phenoxy) is 1. The standard InChI is InChI=1S/C22H27FN2O3/c1-4-5-21(26)25(15-18-6-10-19(23)11-7-18)16(2)22(27)24-14-17-8-12-20(28-3)13-9-17/h6-13,16H,4-5,14-15H2,1-3H3,(H,24,27)/t16-/m1/s1. The fourth-order valence-corrected chi connectivity index (χ4v) is 2.81. The molecule has 28 heavy (non-hydrogen) atoms. The van der Waals surface area contributed by atoms with E-state index in [4.69, 9.17) is 4.74 Å². The number of carbonyl (C=O) groups excluding carboxylic acids is 2. The van der Waals surface area contributed by atoms with Gasteiger partial charge < -0.3 is 15.0 Å². The van der Waals surface area contributed by atoms with Crippen LogP contribution >= 0.6 is 0 Å². The second kappa shape index (κ2) is 10.4. The Morgan fingerprint density at radius 1 is 1.07 bits per heavy atom. The van der Waals surface area contributed by atoms with E-state index in [2.05, 4.69) is 5.32 Å². The summed E-state index contributed by atoms with van der Waals surface area (Å²) in [5, 5.41) is 2.87. The number of hydrogen-bond donors (Lipinski definition) is 1. The normalized spacial score (nSPS) is 11.6. The Balaban J connectivity index is 2.04. The Morgan fingerprint density at radius 2 is 1.68 bits per heavy atom. The lowest BCUT2D eigenvalue weighted by Crippen LogP contribution is -2.47. The molecule has 2 rings (SSSR count). The molecule has 6 heteroatoms. The van der Waals surface area contributed by atoms with Gasteiger partial charge in [0.1, 0.15) is 17.6 Å². The van der Waals surface area contributed by atoms with Crippen LogP contribution in [0, 0.1) is 5.82 Å². The van der Waals surface area contributed by atoms with Crippen LogP contribution in [-0.4, -0.2) is 29.9 Å². The van der Waals surface area contributed by atoms with Gasteiger partial charge in [0.15, 0.2) is 0 Å². The zero-order valence-corrected chi connectivity index (χ0v) is 16.6. The molecule has 2 amide bonds. The molecule has 0 saturated heterocycles. The number of nitrogens with one attached hydrogen (secondary N) is 1. The summed E-state index contributed by atoms with van der Waals surface area (Å²) < 4.78 is 18.3. The van der Waals surface area contributed by atoms with Crippen LogP contribution in [0.15, 0.2) is 48.5 Å². The molecule has 0 fully saturated rings. The molecule has 0 bridgehead atoms. The van der Waals surface area contributed by atoms with E-state index in [0.29, 0.717) is 19.4 Å². The van der Waals surface area contributed by atoms with Crippen LogP contribution in [0.2, 0.25) is 0 Å². The summed E-state index contributed by atoms with van der Waals surface area (Å²) >= 11 is 0. The number of halogens is 1. The summed E-state index contributed by atoms with van der Waals surface area (Å²) in [6.45, 7) is 4.25. The van der Waals surface area contributed by atoms with Gasteiger partial charge in [0.05, 0.1) is 7.11 Å². The van der Waals surface area contributed by atoms with Crippen LogP contribution in [0.3, 0.4) is 0 Å². The summed E-state index contributed by atoms with van der Waals surface area (Å²) in [5.41, 5.74) is 1.71. The Labute approximate surface area is 165 Å². The summed E-state index contributed by atoms with van der Waals surface area (Å²) in [6, 6.07) is 12.7. The molecule has 0 aliphatic heterocycles. The Bertz CT molecular complexity index is 775. The number of nitrogens with zero attached hydrogens (tertiary/aromatic N) is 1. The second-order valence-electron chi connectivity index (χ2n) is 6.64. The Hall–Kier alpha value is -2.89. The number of benzene rings is 2. The van der Waals surface area contributed by atoms with E-state index in [-0.39, 0.29) is 24.2 Å². The average Bonchev–Trinajstić information content (AvgIpc) is 2.71. The molecule has 0 saturated carbocycles. The summed E-state index contributed by atoms with van der Waals surface area (Å²) in [4.78, 5) is 26.7. The highest BCUT2D eigenvalue weighted by Gasteiger charge is 2.25. The quantitative estimate of drug-likeness (QED) is 0.715. The van der Waals surface area contributed by atoms with Crippen molar-refractivity contribution in [1.29, 1.82) is 0 Å². The first kappa shape index (κ1) is 21.4. The number of amides is 2. The zero-order valence-electron chi connectivity index (χ0n) is 16.6. The van der Waals surface area contributed by atoms with Crippen molar-refractivity contribution in [2.45, 2.75) is 45.8 Å². The number of carbonyl (C=O) groups is 2. The van der Waals surface area contributed by atoms with E-state index in [1.807, 2.05) is 31.2 Å². The van der Waals surface area contributed by atoms with Gasteiger partial charge in [-0.1, -0.05) is 31.2 Å². The zero-order chi connectivity index (χ0) is 20.5. The fourth-order valence-electron chi connectivity index (χ4n) is 2.81. The second-order valence-corrected chi connectivity index (χ2v) is 6.64. The van der Waals surface area contributed by atoms with Crippen LogP contribution in [0.4, 0.5) is 4.39 Å². The molecule has 5 nitrogen and oxygen atoms in total. The van der Waals surface area contributed by atoms with Crippen molar-refractivity contribution in [2.75, 3.05) is 7.11 Å². The van der Waals surface area contributed by atoms with Gasteiger partial charge in [-0.05, 0) is 48.7 Å². The van der Waals surface area contributed by atoms with Gasteiger partial charge in [0.25, 0.3) is 0 Å². The van der Waals surface area contributed by atoms with E-state index >= 15 is 0 Å². The molecule has 0 spiro atoms. The molecule has 0 aromatic heterocycles. The number of hydrogen-bond acceptors (Lipinski definition) is 3. The summed E-state index contributed by atoms with van der Waals surface area (Å²) in [6.07, 6.45) is 1.05. The number of rotatable bonds is 9. The molecule has 0 heterocycles. The molecule has 150 valence electrons. The van der Waals surface area contributed by atoms with Crippen molar-refractivity contribution in [3.63, 3.8) is 0 Å². The van der Waals surface area contributed by atoms with Crippen molar-refractivity contribution in [2.24, 2.45) is 0 Å². The minimum Gasteiger partial charge on any atom is -0.497 e. The van der Waals surface area contributed by atoms with Crippen LogP contribution < -0.4 is 10.1 Å². The van der Waals surface area contributed by atoms with Crippen molar-refractivity contribution in [3.05, 3.63) is 65.5 Å². The van der Waals surface area contributed by atoms with Gasteiger partial charge >= 0.3 is 0 Å². The van der Waals surface area contributed by atoms with E-state index in [1.54, 1.807) is 31.1 Å².